The van der Waals surface area contributed by atoms with Gasteiger partial charge >= 0.3 is 11.9 Å². The fraction of sp³-hybridized carbons (Fsp3) is 0.231. The van der Waals surface area contributed by atoms with E-state index < -0.39 is 40.9 Å². The lowest BCUT2D eigenvalue weighted by Gasteiger charge is -2.14. The van der Waals surface area contributed by atoms with Gasteiger partial charge in [0.25, 0.3) is 5.56 Å². The van der Waals surface area contributed by atoms with Crippen molar-refractivity contribution in [3.63, 3.8) is 0 Å². The fourth-order valence-electron chi connectivity index (χ4n) is 1.94. The minimum atomic E-state index is -4.79. The highest BCUT2D eigenvalue weighted by Crippen LogP contribution is 2.33. The van der Waals surface area contributed by atoms with Crippen LogP contribution in [0.3, 0.4) is 0 Å². The second kappa shape index (κ2) is 5.86. The summed E-state index contributed by atoms with van der Waals surface area (Å²) >= 11 is 1.67. The van der Waals surface area contributed by atoms with Crippen molar-refractivity contribution < 1.29 is 17.6 Å². The molecule has 4 nitrogen and oxygen atoms in total. The molecule has 0 saturated heterocycles. The Morgan fingerprint density at radius 3 is 2.50 bits per heavy atom. The predicted octanol–water partition coefficient (Wildman–Crippen LogP) is 2.66. The lowest BCUT2D eigenvalue weighted by Crippen LogP contribution is -2.38. The van der Waals surface area contributed by atoms with E-state index in [0.717, 1.165) is 12.1 Å². The van der Waals surface area contributed by atoms with Gasteiger partial charge in [-0.3, -0.25) is 9.36 Å². The van der Waals surface area contributed by atoms with Crippen LogP contribution in [-0.4, -0.2) is 9.55 Å². The van der Waals surface area contributed by atoms with Gasteiger partial charge in [0.2, 0.25) is 0 Å². The van der Waals surface area contributed by atoms with E-state index >= 15 is 0 Å². The van der Waals surface area contributed by atoms with Crippen molar-refractivity contribution in [2.75, 3.05) is 0 Å². The summed E-state index contributed by atoms with van der Waals surface area (Å²) < 4.78 is 53.3. The maximum atomic E-state index is 13.8. The fourth-order valence-corrected chi connectivity index (χ4v) is 2.37. The summed E-state index contributed by atoms with van der Waals surface area (Å²) in [5.41, 5.74) is -3.31. The Hall–Kier alpha value is -1.65. The second-order valence-electron chi connectivity index (χ2n) is 4.52. The number of alkyl halides is 3. The molecule has 0 aliphatic heterocycles. The van der Waals surface area contributed by atoms with Crippen molar-refractivity contribution >= 4 is 22.6 Å². The van der Waals surface area contributed by atoms with Crippen LogP contribution in [0.25, 0.3) is 0 Å². The third-order valence-electron chi connectivity index (χ3n) is 3.04. The van der Waals surface area contributed by atoms with Crippen LogP contribution in [0.5, 0.6) is 0 Å². The number of nitrogens with one attached hydrogen (secondary N) is 1. The average molecular weight is 428 g/mol. The topological polar surface area (TPSA) is 54.9 Å². The Labute approximate surface area is 134 Å². The smallest absolute Gasteiger partial charge is 0.310 e. The summed E-state index contributed by atoms with van der Waals surface area (Å²) in [4.78, 5) is 26.2. The zero-order chi connectivity index (χ0) is 16.7. The molecule has 2 aromatic rings. The van der Waals surface area contributed by atoms with Crippen molar-refractivity contribution in [3.05, 3.63) is 65.2 Å². The first-order chi connectivity index (χ1) is 10.1. The van der Waals surface area contributed by atoms with Crippen molar-refractivity contribution in [1.82, 2.24) is 9.55 Å². The number of halogens is 5. The minimum absolute atomic E-state index is 0.155. The summed E-state index contributed by atoms with van der Waals surface area (Å²) in [6.07, 6.45) is -4.79. The molecule has 2 rings (SSSR count). The van der Waals surface area contributed by atoms with Crippen LogP contribution in [0.2, 0.25) is 0 Å². The Balaban J connectivity index is 2.66. The number of hydrogen-bond donors (Lipinski definition) is 1. The molecule has 0 saturated carbocycles. The van der Waals surface area contributed by atoms with Crippen molar-refractivity contribution in [1.29, 1.82) is 0 Å². The van der Waals surface area contributed by atoms with Gasteiger partial charge in [0, 0.05) is 11.3 Å². The van der Waals surface area contributed by atoms with E-state index in [1.807, 2.05) is 0 Å². The molecule has 0 atom stereocenters. The van der Waals surface area contributed by atoms with E-state index in [1.165, 1.54) is 6.92 Å². The van der Waals surface area contributed by atoms with E-state index in [2.05, 4.69) is 4.98 Å². The molecule has 0 fully saturated rings. The van der Waals surface area contributed by atoms with E-state index in [1.54, 1.807) is 22.6 Å². The first kappa shape index (κ1) is 16.7. The van der Waals surface area contributed by atoms with Crippen molar-refractivity contribution in [2.24, 2.45) is 0 Å². The van der Waals surface area contributed by atoms with Crippen LogP contribution in [0, 0.1) is 16.3 Å². The standard InChI is InChI=1S/C13H9F4IN2O2/c1-6-10(18)11(21)20(12(22)19-6)5-7-8(13(15,16)17)3-2-4-9(7)14/h2-4H,5H2,1H3,(H,19,22). The van der Waals surface area contributed by atoms with Gasteiger partial charge in [-0.25, -0.2) is 9.18 Å². The number of rotatable bonds is 2. The van der Waals surface area contributed by atoms with Gasteiger partial charge in [-0.15, -0.1) is 0 Å². The lowest BCUT2D eigenvalue weighted by molar-refractivity contribution is -0.138. The van der Waals surface area contributed by atoms with Crippen LogP contribution in [0.4, 0.5) is 17.6 Å². The molecule has 1 N–H and O–H groups in total. The number of aromatic amines is 1. The largest absolute Gasteiger partial charge is 0.416 e. The Bertz CT molecular complexity index is 839. The predicted molar refractivity (Wildman–Crippen MR) is 79.3 cm³/mol. The minimum Gasteiger partial charge on any atom is -0.310 e. The average Bonchev–Trinajstić information content (AvgIpc) is 2.41. The SMILES string of the molecule is Cc1[nH]c(=O)n(Cc2c(F)cccc2C(F)(F)F)c(=O)c1I. The van der Waals surface area contributed by atoms with Crippen LogP contribution >= 0.6 is 22.6 Å². The molecule has 0 bridgehead atoms. The third kappa shape index (κ3) is 3.08. The van der Waals surface area contributed by atoms with Crippen LogP contribution in [0.15, 0.2) is 27.8 Å². The molecule has 0 aliphatic carbocycles. The zero-order valence-electron chi connectivity index (χ0n) is 11.1. The number of aromatic nitrogens is 2. The molecule has 0 unspecified atom stereocenters. The first-order valence-electron chi connectivity index (χ1n) is 5.96. The Kier molecular flexibility index (Phi) is 4.45. The summed E-state index contributed by atoms with van der Waals surface area (Å²) in [6.45, 7) is 0.686. The molecule has 22 heavy (non-hydrogen) atoms. The molecular formula is C13H9F4IN2O2. The van der Waals surface area contributed by atoms with E-state index in [4.69, 9.17) is 0 Å². The highest BCUT2D eigenvalue weighted by molar-refractivity contribution is 14.1. The van der Waals surface area contributed by atoms with Gasteiger partial charge in [-0.2, -0.15) is 13.2 Å². The van der Waals surface area contributed by atoms with Crippen LogP contribution in [0.1, 0.15) is 16.8 Å². The molecule has 0 amide bonds. The zero-order valence-corrected chi connectivity index (χ0v) is 13.3. The lowest BCUT2D eigenvalue weighted by atomic mass is 10.1. The number of aryl methyl sites for hydroxylation is 1. The maximum Gasteiger partial charge on any atom is 0.416 e. The molecule has 0 aliphatic rings. The highest BCUT2D eigenvalue weighted by atomic mass is 127. The number of nitrogens with zero attached hydrogens (tertiary/aromatic N) is 1. The summed E-state index contributed by atoms with van der Waals surface area (Å²) in [5.74, 6) is -1.13. The van der Waals surface area contributed by atoms with Gasteiger partial charge < -0.3 is 4.98 Å². The van der Waals surface area contributed by atoms with Crippen molar-refractivity contribution in [2.45, 2.75) is 19.6 Å². The summed E-state index contributed by atoms with van der Waals surface area (Å²) in [7, 11) is 0. The quantitative estimate of drug-likeness (QED) is 0.591. The molecule has 0 radical (unpaired) electrons. The summed E-state index contributed by atoms with van der Waals surface area (Å²) in [5, 5.41) is 0. The number of hydrogen-bond acceptors (Lipinski definition) is 2. The number of H-pyrrole nitrogens is 1. The third-order valence-corrected chi connectivity index (χ3v) is 4.31. The van der Waals surface area contributed by atoms with Crippen molar-refractivity contribution in [3.8, 4) is 0 Å². The monoisotopic (exact) mass is 428 g/mol. The van der Waals surface area contributed by atoms with E-state index in [-0.39, 0.29) is 3.57 Å². The molecule has 118 valence electrons. The van der Waals surface area contributed by atoms with Gasteiger partial charge in [0.1, 0.15) is 5.82 Å². The Morgan fingerprint density at radius 2 is 1.91 bits per heavy atom. The molecular weight excluding hydrogens is 419 g/mol. The highest BCUT2D eigenvalue weighted by Gasteiger charge is 2.34. The normalized spacial score (nSPS) is 11.7. The van der Waals surface area contributed by atoms with Gasteiger partial charge in [0.05, 0.1) is 15.7 Å². The van der Waals surface area contributed by atoms with Gasteiger partial charge in [-0.05, 0) is 41.6 Å². The maximum absolute atomic E-state index is 13.8. The number of benzene rings is 1. The van der Waals surface area contributed by atoms with Gasteiger partial charge in [-0.1, -0.05) is 6.07 Å². The first-order valence-corrected chi connectivity index (χ1v) is 7.04. The summed E-state index contributed by atoms with van der Waals surface area (Å²) in [6, 6.07) is 2.48. The molecule has 1 aromatic carbocycles. The van der Waals surface area contributed by atoms with E-state index in [0.29, 0.717) is 16.3 Å². The molecule has 9 heteroatoms. The Morgan fingerprint density at radius 1 is 1.27 bits per heavy atom. The van der Waals surface area contributed by atoms with Crippen LogP contribution in [-0.2, 0) is 12.7 Å². The molecule has 1 heterocycles. The van der Waals surface area contributed by atoms with Crippen LogP contribution < -0.4 is 11.2 Å². The van der Waals surface area contributed by atoms with Gasteiger partial charge in [0.15, 0.2) is 0 Å². The van der Waals surface area contributed by atoms with E-state index in [9.17, 15) is 27.2 Å². The second-order valence-corrected chi connectivity index (χ2v) is 5.60. The molecule has 0 spiro atoms. The molecule has 1 aromatic heterocycles.